The molecule has 138 valence electrons. The Morgan fingerprint density at radius 1 is 1.44 bits per heavy atom. The number of carbonyl (C=O) groups is 1. The molecule has 0 aromatic carbocycles. The molecule has 2 aliphatic rings. The molecule has 1 aromatic rings. The lowest BCUT2D eigenvalue weighted by molar-refractivity contribution is -0.126. The average molecular weight is 348 g/mol. The van der Waals surface area contributed by atoms with Gasteiger partial charge in [0.15, 0.2) is 0 Å². The third kappa shape index (κ3) is 4.61. The molecule has 0 bridgehead atoms. The Bertz CT molecular complexity index is 569. The van der Waals surface area contributed by atoms with Crippen LogP contribution >= 0.6 is 0 Å². The highest BCUT2D eigenvalue weighted by Gasteiger charge is 2.27. The van der Waals surface area contributed by atoms with Crippen LogP contribution in [0.25, 0.3) is 0 Å². The third-order valence-corrected chi connectivity index (χ3v) is 5.05. The SMILES string of the molecule is COc1ccnc(N2CCN(C(C)C(=O)NCC3CCCO3)CC2)c1. The van der Waals surface area contributed by atoms with E-state index in [0.717, 1.165) is 57.2 Å². The number of amides is 1. The van der Waals surface area contributed by atoms with Crippen LogP contribution in [0.2, 0.25) is 0 Å². The molecule has 7 heteroatoms. The van der Waals surface area contributed by atoms with Crippen LogP contribution in [0.4, 0.5) is 5.82 Å². The van der Waals surface area contributed by atoms with E-state index in [1.54, 1.807) is 13.3 Å². The van der Waals surface area contributed by atoms with Gasteiger partial charge in [-0.3, -0.25) is 9.69 Å². The Labute approximate surface area is 149 Å². The van der Waals surface area contributed by atoms with E-state index in [1.807, 2.05) is 19.1 Å². The van der Waals surface area contributed by atoms with E-state index in [2.05, 4.69) is 20.1 Å². The summed E-state index contributed by atoms with van der Waals surface area (Å²) < 4.78 is 10.8. The maximum absolute atomic E-state index is 12.4. The van der Waals surface area contributed by atoms with Crippen LogP contribution < -0.4 is 15.0 Å². The molecule has 3 heterocycles. The fourth-order valence-electron chi connectivity index (χ4n) is 3.37. The van der Waals surface area contributed by atoms with Crippen LogP contribution in [-0.2, 0) is 9.53 Å². The van der Waals surface area contributed by atoms with Gasteiger partial charge in [0.2, 0.25) is 5.91 Å². The van der Waals surface area contributed by atoms with Crippen molar-refractivity contribution in [3.63, 3.8) is 0 Å². The number of carbonyl (C=O) groups excluding carboxylic acids is 1. The van der Waals surface area contributed by atoms with E-state index < -0.39 is 0 Å². The number of ether oxygens (including phenoxy) is 2. The van der Waals surface area contributed by atoms with Crippen molar-refractivity contribution < 1.29 is 14.3 Å². The van der Waals surface area contributed by atoms with Gasteiger partial charge < -0.3 is 19.7 Å². The minimum Gasteiger partial charge on any atom is -0.497 e. The molecule has 7 nitrogen and oxygen atoms in total. The highest BCUT2D eigenvalue weighted by Crippen LogP contribution is 2.20. The molecular weight excluding hydrogens is 320 g/mol. The first-order valence-corrected chi connectivity index (χ1v) is 9.05. The largest absolute Gasteiger partial charge is 0.497 e. The second-order valence-electron chi connectivity index (χ2n) is 6.63. The summed E-state index contributed by atoms with van der Waals surface area (Å²) >= 11 is 0. The lowest BCUT2D eigenvalue weighted by Crippen LogP contribution is -2.54. The summed E-state index contributed by atoms with van der Waals surface area (Å²) in [5.74, 6) is 1.83. The lowest BCUT2D eigenvalue weighted by atomic mass is 10.2. The summed E-state index contributed by atoms with van der Waals surface area (Å²) in [6.07, 6.45) is 4.09. The summed E-state index contributed by atoms with van der Waals surface area (Å²) in [5, 5.41) is 3.03. The topological polar surface area (TPSA) is 66.9 Å². The van der Waals surface area contributed by atoms with Gasteiger partial charge in [-0.05, 0) is 25.8 Å². The van der Waals surface area contributed by atoms with Crippen LogP contribution in [0, 0.1) is 0 Å². The smallest absolute Gasteiger partial charge is 0.237 e. The fraction of sp³-hybridized carbons (Fsp3) is 0.667. The van der Waals surface area contributed by atoms with Gasteiger partial charge in [-0.15, -0.1) is 0 Å². The molecule has 2 fully saturated rings. The van der Waals surface area contributed by atoms with Gasteiger partial charge in [-0.1, -0.05) is 0 Å². The molecule has 2 saturated heterocycles. The predicted molar refractivity (Wildman–Crippen MR) is 96.0 cm³/mol. The van der Waals surface area contributed by atoms with Crippen molar-refractivity contribution in [1.82, 2.24) is 15.2 Å². The Kier molecular flexibility index (Phi) is 6.09. The second-order valence-corrected chi connectivity index (χ2v) is 6.63. The first-order valence-electron chi connectivity index (χ1n) is 9.05. The summed E-state index contributed by atoms with van der Waals surface area (Å²) in [6.45, 7) is 6.80. The number of nitrogens with one attached hydrogen (secondary N) is 1. The zero-order valence-corrected chi connectivity index (χ0v) is 15.1. The Hall–Kier alpha value is -1.86. The number of rotatable bonds is 6. The number of hydrogen-bond donors (Lipinski definition) is 1. The molecule has 3 rings (SSSR count). The Morgan fingerprint density at radius 3 is 2.92 bits per heavy atom. The highest BCUT2D eigenvalue weighted by atomic mass is 16.5. The molecule has 1 aromatic heterocycles. The molecule has 2 unspecified atom stereocenters. The number of piperazine rings is 1. The molecule has 0 spiro atoms. The Morgan fingerprint density at radius 2 is 2.24 bits per heavy atom. The van der Waals surface area contributed by atoms with E-state index in [9.17, 15) is 4.79 Å². The van der Waals surface area contributed by atoms with E-state index >= 15 is 0 Å². The van der Waals surface area contributed by atoms with Crippen molar-refractivity contribution in [1.29, 1.82) is 0 Å². The fourth-order valence-corrected chi connectivity index (χ4v) is 3.37. The zero-order chi connectivity index (χ0) is 17.6. The second kappa shape index (κ2) is 8.49. The van der Waals surface area contributed by atoms with Crippen LogP contribution in [0.1, 0.15) is 19.8 Å². The van der Waals surface area contributed by atoms with Crippen molar-refractivity contribution >= 4 is 11.7 Å². The zero-order valence-electron chi connectivity index (χ0n) is 15.1. The van der Waals surface area contributed by atoms with Crippen LogP contribution in [-0.4, -0.2) is 74.4 Å². The number of pyridine rings is 1. The number of anilines is 1. The van der Waals surface area contributed by atoms with Crippen molar-refractivity contribution in [3.8, 4) is 5.75 Å². The number of nitrogens with zero attached hydrogens (tertiary/aromatic N) is 3. The van der Waals surface area contributed by atoms with Gasteiger partial charge in [0, 0.05) is 51.6 Å². The monoisotopic (exact) mass is 348 g/mol. The van der Waals surface area contributed by atoms with Crippen molar-refractivity contribution in [2.45, 2.75) is 31.9 Å². The normalized spacial score (nSPS) is 22.6. The molecule has 1 amide bonds. The minimum atomic E-state index is -0.123. The molecular formula is C18H28N4O3. The summed E-state index contributed by atoms with van der Waals surface area (Å²) in [5.41, 5.74) is 0. The molecule has 1 N–H and O–H groups in total. The predicted octanol–water partition coefficient (Wildman–Crippen LogP) is 0.896. The van der Waals surface area contributed by atoms with E-state index in [4.69, 9.17) is 9.47 Å². The van der Waals surface area contributed by atoms with E-state index in [-0.39, 0.29) is 18.1 Å². The van der Waals surface area contributed by atoms with E-state index in [0.29, 0.717) is 6.54 Å². The van der Waals surface area contributed by atoms with Gasteiger partial charge in [0.25, 0.3) is 0 Å². The summed E-state index contributed by atoms with van der Waals surface area (Å²) in [4.78, 5) is 21.3. The minimum absolute atomic E-state index is 0.0865. The lowest BCUT2D eigenvalue weighted by Gasteiger charge is -2.38. The van der Waals surface area contributed by atoms with Crippen LogP contribution in [0.15, 0.2) is 18.3 Å². The first kappa shape index (κ1) is 17.9. The Balaban J connectivity index is 1.46. The molecule has 25 heavy (non-hydrogen) atoms. The van der Waals surface area contributed by atoms with Crippen molar-refractivity contribution in [3.05, 3.63) is 18.3 Å². The summed E-state index contributed by atoms with van der Waals surface area (Å²) in [7, 11) is 1.66. The molecule has 0 aliphatic carbocycles. The van der Waals surface area contributed by atoms with Crippen molar-refractivity contribution in [2.75, 3.05) is 51.3 Å². The van der Waals surface area contributed by atoms with Gasteiger partial charge in [-0.25, -0.2) is 4.98 Å². The maximum Gasteiger partial charge on any atom is 0.237 e. The van der Waals surface area contributed by atoms with Gasteiger partial charge in [0.1, 0.15) is 11.6 Å². The van der Waals surface area contributed by atoms with Crippen molar-refractivity contribution in [2.24, 2.45) is 0 Å². The number of hydrogen-bond acceptors (Lipinski definition) is 6. The van der Waals surface area contributed by atoms with Gasteiger partial charge in [-0.2, -0.15) is 0 Å². The molecule has 2 atom stereocenters. The van der Waals surface area contributed by atoms with Crippen LogP contribution in [0.3, 0.4) is 0 Å². The maximum atomic E-state index is 12.4. The molecule has 2 aliphatic heterocycles. The standard InChI is InChI=1S/C18H28N4O3/c1-14(18(23)20-13-16-4-3-11-25-16)21-7-9-22(10-8-21)17-12-15(24-2)5-6-19-17/h5-6,12,14,16H,3-4,7-11,13H2,1-2H3,(H,20,23). The van der Waals surface area contributed by atoms with E-state index in [1.165, 1.54) is 0 Å². The highest BCUT2D eigenvalue weighted by molar-refractivity contribution is 5.81. The number of aromatic nitrogens is 1. The van der Waals surface area contributed by atoms with Crippen LogP contribution in [0.5, 0.6) is 5.75 Å². The third-order valence-electron chi connectivity index (χ3n) is 5.05. The van der Waals surface area contributed by atoms with Gasteiger partial charge in [0.05, 0.1) is 19.3 Å². The quantitative estimate of drug-likeness (QED) is 0.824. The molecule has 0 radical (unpaired) electrons. The molecule has 0 saturated carbocycles. The average Bonchev–Trinajstić information content (AvgIpc) is 3.19. The first-order chi connectivity index (χ1) is 12.2. The summed E-state index contributed by atoms with van der Waals surface area (Å²) in [6, 6.07) is 3.68. The van der Waals surface area contributed by atoms with Gasteiger partial charge >= 0.3 is 0 Å². The number of methoxy groups -OCH3 is 1.